The van der Waals surface area contributed by atoms with Crippen molar-refractivity contribution in [3.05, 3.63) is 78.6 Å². The van der Waals surface area contributed by atoms with Crippen LogP contribution in [-0.4, -0.2) is 35.1 Å². The van der Waals surface area contributed by atoms with Gasteiger partial charge in [-0.1, -0.05) is 18.2 Å². The number of nitrogens with zero attached hydrogens (tertiary/aromatic N) is 5. The second-order valence-electron chi connectivity index (χ2n) is 7.47. The monoisotopic (exact) mass is 421 g/mol. The first-order valence-electron chi connectivity index (χ1n) is 10.0. The number of aromatic nitrogens is 7. The van der Waals surface area contributed by atoms with Crippen LogP contribution in [-0.2, 0) is 0 Å². The van der Waals surface area contributed by atoms with Crippen molar-refractivity contribution < 1.29 is 4.39 Å². The molecule has 0 radical (unpaired) electrons. The van der Waals surface area contributed by atoms with E-state index in [1.807, 2.05) is 49.4 Å². The van der Waals surface area contributed by atoms with Crippen molar-refractivity contribution in [2.45, 2.75) is 6.92 Å². The number of pyridine rings is 3. The molecule has 0 aliphatic heterocycles. The van der Waals surface area contributed by atoms with Gasteiger partial charge < -0.3 is 4.98 Å². The number of halogens is 1. The highest BCUT2D eigenvalue weighted by Gasteiger charge is 2.21. The maximum Gasteiger partial charge on any atom is 0.161 e. The summed E-state index contributed by atoms with van der Waals surface area (Å²) in [4.78, 5) is 20.9. The summed E-state index contributed by atoms with van der Waals surface area (Å²) in [5.74, 6) is 0.00125. The maximum absolute atomic E-state index is 15.7. The molecule has 0 amide bonds. The first kappa shape index (κ1) is 18.3. The first-order valence-corrected chi connectivity index (χ1v) is 10.0. The highest BCUT2D eigenvalue weighted by molar-refractivity contribution is 5.97. The molecule has 6 rings (SSSR count). The molecule has 0 bridgehead atoms. The quantitative estimate of drug-likeness (QED) is 0.416. The molecule has 0 unspecified atom stereocenters. The van der Waals surface area contributed by atoms with E-state index < -0.39 is 5.82 Å². The van der Waals surface area contributed by atoms with E-state index >= 15 is 4.39 Å². The first-order chi connectivity index (χ1) is 15.7. The van der Waals surface area contributed by atoms with Crippen LogP contribution in [0.4, 0.5) is 4.39 Å². The molecule has 8 heteroatoms. The number of hydrogen-bond acceptors (Lipinski definition) is 5. The van der Waals surface area contributed by atoms with E-state index in [9.17, 15) is 0 Å². The van der Waals surface area contributed by atoms with Crippen LogP contribution >= 0.6 is 0 Å². The Morgan fingerprint density at radius 2 is 1.78 bits per heavy atom. The normalized spacial score (nSPS) is 11.4. The zero-order valence-corrected chi connectivity index (χ0v) is 17.0. The summed E-state index contributed by atoms with van der Waals surface area (Å²) < 4.78 is 15.7. The van der Waals surface area contributed by atoms with E-state index in [0.717, 1.165) is 27.9 Å². The zero-order chi connectivity index (χ0) is 21.7. The molecule has 0 spiro atoms. The number of aryl methyl sites for hydroxylation is 1. The predicted octanol–water partition coefficient (Wildman–Crippen LogP) is 5.07. The van der Waals surface area contributed by atoms with Crippen LogP contribution in [0.25, 0.3) is 56.0 Å². The van der Waals surface area contributed by atoms with Crippen molar-refractivity contribution in [2.75, 3.05) is 0 Å². The van der Waals surface area contributed by atoms with Crippen molar-refractivity contribution in [3.8, 4) is 34.0 Å². The molecule has 154 valence electrons. The second-order valence-corrected chi connectivity index (χ2v) is 7.47. The largest absolute Gasteiger partial charge is 0.337 e. The lowest BCUT2D eigenvalue weighted by molar-refractivity contribution is 0.638. The summed E-state index contributed by atoms with van der Waals surface area (Å²) >= 11 is 0. The Bertz CT molecular complexity index is 1600. The summed E-state index contributed by atoms with van der Waals surface area (Å²) in [5.41, 5.74) is 5.91. The van der Waals surface area contributed by atoms with Gasteiger partial charge in [-0.2, -0.15) is 5.10 Å². The third-order valence-corrected chi connectivity index (χ3v) is 5.52. The molecular formula is C24H16FN7. The van der Waals surface area contributed by atoms with Gasteiger partial charge in [0, 0.05) is 29.7 Å². The van der Waals surface area contributed by atoms with Gasteiger partial charge in [0.1, 0.15) is 11.4 Å². The predicted molar refractivity (Wildman–Crippen MR) is 120 cm³/mol. The van der Waals surface area contributed by atoms with Gasteiger partial charge in [0.15, 0.2) is 11.6 Å². The second kappa shape index (κ2) is 7.05. The minimum absolute atomic E-state index is 0.232. The Balaban J connectivity index is 1.56. The average Bonchev–Trinajstić information content (AvgIpc) is 3.45. The molecule has 0 saturated heterocycles. The lowest BCUT2D eigenvalue weighted by Crippen LogP contribution is -1.94. The Morgan fingerprint density at radius 1 is 0.844 bits per heavy atom. The van der Waals surface area contributed by atoms with Gasteiger partial charge in [-0.3, -0.25) is 20.1 Å². The average molecular weight is 421 g/mol. The third kappa shape index (κ3) is 2.77. The fourth-order valence-corrected chi connectivity index (χ4v) is 3.92. The molecule has 5 heterocycles. The molecule has 2 N–H and O–H groups in total. The van der Waals surface area contributed by atoms with Crippen molar-refractivity contribution in [3.63, 3.8) is 0 Å². The number of rotatable bonds is 3. The Kier molecular flexibility index (Phi) is 4.04. The Labute approximate surface area is 181 Å². The van der Waals surface area contributed by atoms with Crippen molar-refractivity contribution >= 4 is 21.9 Å². The highest BCUT2D eigenvalue weighted by Crippen LogP contribution is 2.34. The van der Waals surface area contributed by atoms with Gasteiger partial charge in [0.2, 0.25) is 0 Å². The number of benzene rings is 1. The molecule has 6 aromatic rings. The standard InChI is InChI=1S/C24H16FN7/c1-13-8-10-26-11-15(13)22-20(25)19-18(12-28-22)31-32-23(19)24-29-17-7-4-5-14(21(17)30-24)16-6-2-3-9-27-16/h2-12H,1H3,(H,29,30)(H,31,32). The minimum atomic E-state index is -0.465. The summed E-state index contributed by atoms with van der Waals surface area (Å²) in [5, 5.41) is 7.55. The van der Waals surface area contributed by atoms with E-state index in [1.165, 1.54) is 0 Å². The molecule has 0 aliphatic carbocycles. The summed E-state index contributed by atoms with van der Waals surface area (Å²) in [7, 11) is 0. The van der Waals surface area contributed by atoms with Crippen LogP contribution in [0.1, 0.15) is 5.56 Å². The van der Waals surface area contributed by atoms with E-state index in [0.29, 0.717) is 28.0 Å². The van der Waals surface area contributed by atoms with Crippen LogP contribution < -0.4 is 0 Å². The van der Waals surface area contributed by atoms with Crippen molar-refractivity contribution in [1.82, 2.24) is 35.1 Å². The Hall–Kier alpha value is -4.46. The van der Waals surface area contributed by atoms with Crippen LogP contribution in [0.5, 0.6) is 0 Å². The zero-order valence-electron chi connectivity index (χ0n) is 17.0. The fraction of sp³-hybridized carbons (Fsp3) is 0.0417. The number of fused-ring (bicyclic) bond motifs is 2. The number of nitrogens with one attached hydrogen (secondary N) is 2. The van der Waals surface area contributed by atoms with Gasteiger partial charge in [0.25, 0.3) is 0 Å². The third-order valence-electron chi connectivity index (χ3n) is 5.52. The summed E-state index contributed by atoms with van der Waals surface area (Å²) in [6.45, 7) is 1.90. The molecule has 32 heavy (non-hydrogen) atoms. The number of imidazole rings is 1. The SMILES string of the molecule is Cc1ccncc1-c1ncc2[nH]nc(-c3nc4c(-c5ccccn5)cccc4[nH]3)c2c1F. The number of aromatic amines is 2. The molecule has 5 aromatic heterocycles. The van der Waals surface area contributed by atoms with Crippen molar-refractivity contribution in [2.24, 2.45) is 0 Å². The molecule has 0 aliphatic rings. The molecular weight excluding hydrogens is 405 g/mol. The lowest BCUT2D eigenvalue weighted by Gasteiger charge is -2.06. The van der Waals surface area contributed by atoms with E-state index in [-0.39, 0.29) is 5.69 Å². The van der Waals surface area contributed by atoms with Gasteiger partial charge >= 0.3 is 0 Å². The number of hydrogen-bond donors (Lipinski definition) is 2. The fourth-order valence-electron chi connectivity index (χ4n) is 3.92. The van der Waals surface area contributed by atoms with Gasteiger partial charge in [-0.25, -0.2) is 9.37 Å². The molecule has 0 fully saturated rings. The molecule has 0 atom stereocenters. The van der Waals surface area contributed by atoms with Crippen LogP contribution in [0, 0.1) is 12.7 Å². The summed E-state index contributed by atoms with van der Waals surface area (Å²) in [6.07, 6.45) is 6.62. The van der Waals surface area contributed by atoms with E-state index in [2.05, 4.69) is 30.1 Å². The van der Waals surface area contributed by atoms with Gasteiger partial charge in [0.05, 0.1) is 33.8 Å². The molecule has 1 aromatic carbocycles. The Morgan fingerprint density at radius 3 is 2.62 bits per heavy atom. The van der Waals surface area contributed by atoms with Gasteiger partial charge in [-0.05, 0) is 36.8 Å². The van der Waals surface area contributed by atoms with Crippen LogP contribution in [0.15, 0.2) is 67.3 Å². The number of para-hydroxylation sites is 1. The molecule has 7 nitrogen and oxygen atoms in total. The number of H-pyrrole nitrogens is 2. The van der Waals surface area contributed by atoms with E-state index in [1.54, 1.807) is 24.8 Å². The smallest absolute Gasteiger partial charge is 0.161 e. The maximum atomic E-state index is 15.7. The van der Waals surface area contributed by atoms with E-state index in [4.69, 9.17) is 4.98 Å². The summed E-state index contributed by atoms with van der Waals surface area (Å²) in [6, 6.07) is 13.4. The van der Waals surface area contributed by atoms with Crippen LogP contribution in [0.2, 0.25) is 0 Å². The van der Waals surface area contributed by atoms with Gasteiger partial charge in [-0.15, -0.1) is 0 Å². The molecule has 0 saturated carbocycles. The van der Waals surface area contributed by atoms with Crippen molar-refractivity contribution in [1.29, 1.82) is 0 Å². The lowest BCUT2D eigenvalue weighted by atomic mass is 10.1. The topological polar surface area (TPSA) is 96.0 Å². The highest BCUT2D eigenvalue weighted by atomic mass is 19.1. The minimum Gasteiger partial charge on any atom is -0.337 e. The van der Waals surface area contributed by atoms with Crippen LogP contribution in [0.3, 0.4) is 0 Å².